The topological polar surface area (TPSA) is 73.2 Å². The highest BCUT2D eigenvalue weighted by molar-refractivity contribution is 6.35. The third-order valence-electron chi connectivity index (χ3n) is 7.44. The monoisotopic (exact) mass is 567 g/mol. The number of carbonyl (C=O) groups excluding carboxylic acids is 1. The number of benzene rings is 2. The summed E-state index contributed by atoms with van der Waals surface area (Å²) in [6.45, 7) is 12.1. The molecule has 0 bridgehead atoms. The molecule has 0 saturated carbocycles. The van der Waals surface area contributed by atoms with Crippen molar-refractivity contribution in [2.75, 3.05) is 32.8 Å². The fraction of sp³-hybridized carbons (Fsp3) is 0.484. The van der Waals surface area contributed by atoms with Gasteiger partial charge < -0.3 is 28.6 Å². The summed E-state index contributed by atoms with van der Waals surface area (Å²) >= 11 is 6.36. The van der Waals surface area contributed by atoms with Gasteiger partial charge in [-0.1, -0.05) is 29.8 Å². The van der Waals surface area contributed by atoms with Gasteiger partial charge in [0, 0.05) is 50.2 Å². The van der Waals surface area contributed by atoms with Crippen molar-refractivity contribution < 1.29 is 19.0 Å². The predicted molar refractivity (Wildman–Crippen MR) is 157 cm³/mol. The number of likely N-dealkylation sites (tertiary alicyclic amines) is 1. The van der Waals surface area contributed by atoms with E-state index in [0.29, 0.717) is 37.1 Å². The number of carbonyl (C=O) groups is 1. The average Bonchev–Trinajstić information content (AvgIpc) is 2.91. The van der Waals surface area contributed by atoms with E-state index in [-0.39, 0.29) is 17.7 Å². The van der Waals surface area contributed by atoms with Gasteiger partial charge in [-0.25, -0.2) is 4.79 Å². The van der Waals surface area contributed by atoms with Crippen LogP contribution in [0.25, 0.3) is 10.9 Å². The SMILES string of the molecule is Cc1ccc2c(Cl)cc(=O)n(CCN3CCC(N(Cc4ccc5c(c4)OCCO5)C(=O)OC(C)(C)C)CC3)c2c1. The number of aromatic nitrogens is 1. The standard InChI is InChI=1S/C31H38ClN3O5/c1-21-5-7-24-25(32)19-29(36)34(26(24)17-21)14-13-33-11-9-23(10-12-33)35(30(37)40-31(2,3)4)20-22-6-8-27-28(18-22)39-16-15-38-27/h5-8,17-19,23H,9-16,20H2,1-4H3. The van der Waals surface area contributed by atoms with E-state index in [1.807, 2.05) is 73.6 Å². The molecule has 3 aromatic rings. The van der Waals surface area contributed by atoms with Crippen molar-refractivity contribution in [1.29, 1.82) is 0 Å². The van der Waals surface area contributed by atoms with Crippen LogP contribution >= 0.6 is 11.6 Å². The molecule has 2 aliphatic rings. The first-order valence-electron chi connectivity index (χ1n) is 14.0. The molecule has 214 valence electrons. The van der Waals surface area contributed by atoms with E-state index in [2.05, 4.69) is 4.90 Å². The molecule has 0 spiro atoms. The van der Waals surface area contributed by atoms with E-state index in [9.17, 15) is 9.59 Å². The van der Waals surface area contributed by atoms with Gasteiger partial charge in [0.15, 0.2) is 11.5 Å². The zero-order valence-corrected chi connectivity index (χ0v) is 24.5. The molecule has 1 saturated heterocycles. The van der Waals surface area contributed by atoms with Crippen molar-refractivity contribution in [2.45, 2.75) is 65.3 Å². The number of piperidine rings is 1. The maximum atomic E-state index is 13.3. The number of rotatable bonds is 6. The molecule has 40 heavy (non-hydrogen) atoms. The lowest BCUT2D eigenvalue weighted by atomic mass is 10.0. The molecule has 0 N–H and O–H groups in total. The van der Waals surface area contributed by atoms with Crippen LogP contribution in [-0.4, -0.2) is 65.0 Å². The Kier molecular flexibility index (Phi) is 8.29. The molecule has 9 heteroatoms. The van der Waals surface area contributed by atoms with Gasteiger partial charge in [-0.3, -0.25) is 4.79 Å². The second kappa shape index (κ2) is 11.7. The van der Waals surface area contributed by atoms with Gasteiger partial charge in [0.2, 0.25) is 0 Å². The van der Waals surface area contributed by atoms with Crippen molar-refractivity contribution in [2.24, 2.45) is 0 Å². The smallest absolute Gasteiger partial charge is 0.410 e. The molecule has 2 aromatic carbocycles. The molecule has 1 fully saturated rings. The quantitative estimate of drug-likeness (QED) is 0.384. The van der Waals surface area contributed by atoms with Crippen molar-refractivity contribution >= 4 is 28.6 Å². The number of nitrogens with zero attached hydrogens (tertiary/aromatic N) is 3. The minimum atomic E-state index is -0.587. The summed E-state index contributed by atoms with van der Waals surface area (Å²) in [5.41, 5.74) is 2.25. The van der Waals surface area contributed by atoms with Gasteiger partial charge in [0.05, 0.1) is 10.5 Å². The lowest BCUT2D eigenvalue weighted by Crippen LogP contribution is -2.49. The minimum Gasteiger partial charge on any atom is -0.486 e. The Hall–Kier alpha value is -3.23. The first kappa shape index (κ1) is 28.3. The number of amides is 1. The highest BCUT2D eigenvalue weighted by Gasteiger charge is 2.31. The second-order valence-electron chi connectivity index (χ2n) is 11.7. The fourth-order valence-corrected chi connectivity index (χ4v) is 5.68. The summed E-state index contributed by atoms with van der Waals surface area (Å²) in [4.78, 5) is 30.4. The Balaban J connectivity index is 1.26. The minimum absolute atomic E-state index is 0.0426. The van der Waals surface area contributed by atoms with Gasteiger partial charge in [-0.15, -0.1) is 0 Å². The third-order valence-corrected chi connectivity index (χ3v) is 7.76. The van der Waals surface area contributed by atoms with Crippen molar-refractivity contribution in [3.8, 4) is 11.5 Å². The first-order valence-corrected chi connectivity index (χ1v) is 14.4. The van der Waals surface area contributed by atoms with E-state index >= 15 is 0 Å². The van der Waals surface area contributed by atoms with Crippen LogP contribution < -0.4 is 15.0 Å². The average molecular weight is 568 g/mol. The van der Waals surface area contributed by atoms with Gasteiger partial charge >= 0.3 is 6.09 Å². The summed E-state index contributed by atoms with van der Waals surface area (Å²) < 4.78 is 19.0. The molecule has 0 atom stereocenters. The number of hydrogen-bond acceptors (Lipinski definition) is 6. The summed E-state index contributed by atoms with van der Waals surface area (Å²) in [5, 5.41) is 1.37. The number of pyridine rings is 1. The number of halogens is 1. The molecule has 1 amide bonds. The van der Waals surface area contributed by atoms with Crippen molar-refractivity contribution in [1.82, 2.24) is 14.4 Å². The Morgan fingerprint density at radius 1 is 1.02 bits per heavy atom. The van der Waals surface area contributed by atoms with E-state index in [1.165, 1.54) is 6.07 Å². The van der Waals surface area contributed by atoms with Crippen LogP contribution in [0.3, 0.4) is 0 Å². The molecule has 0 unspecified atom stereocenters. The maximum Gasteiger partial charge on any atom is 0.410 e. The number of aryl methyl sites for hydroxylation is 1. The Morgan fingerprint density at radius 2 is 1.75 bits per heavy atom. The largest absolute Gasteiger partial charge is 0.486 e. The Labute approximate surface area is 240 Å². The zero-order valence-electron chi connectivity index (χ0n) is 23.7. The number of fused-ring (bicyclic) bond motifs is 2. The lowest BCUT2D eigenvalue weighted by molar-refractivity contribution is 0.00562. The number of ether oxygens (including phenoxy) is 3. The van der Waals surface area contributed by atoms with E-state index < -0.39 is 5.60 Å². The molecule has 8 nitrogen and oxygen atoms in total. The molecule has 0 radical (unpaired) electrons. The van der Waals surface area contributed by atoms with Gasteiger partial charge in [0.25, 0.3) is 5.56 Å². The van der Waals surface area contributed by atoms with Gasteiger partial charge in [-0.2, -0.15) is 0 Å². The van der Waals surface area contributed by atoms with Crippen LogP contribution in [-0.2, 0) is 17.8 Å². The van der Waals surface area contributed by atoms with Crippen LogP contribution in [0.5, 0.6) is 11.5 Å². The fourth-order valence-electron chi connectivity index (χ4n) is 5.42. The highest BCUT2D eigenvalue weighted by atomic mass is 35.5. The van der Waals surface area contributed by atoms with Gasteiger partial charge in [0.1, 0.15) is 18.8 Å². The third kappa shape index (κ3) is 6.56. The highest BCUT2D eigenvalue weighted by Crippen LogP contribution is 2.32. The molecule has 1 aromatic heterocycles. The Bertz CT molecular complexity index is 1440. The molecule has 2 aliphatic heterocycles. The second-order valence-corrected chi connectivity index (χ2v) is 12.1. The summed E-state index contributed by atoms with van der Waals surface area (Å²) in [6, 6.07) is 13.4. The summed E-state index contributed by atoms with van der Waals surface area (Å²) in [5.74, 6) is 1.44. The number of hydrogen-bond donors (Lipinski definition) is 0. The van der Waals surface area contributed by atoms with E-state index in [1.54, 1.807) is 0 Å². The Morgan fingerprint density at radius 3 is 2.48 bits per heavy atom. The van der Waals surface area contributed by atoms with E-state index in [0.717, 1.165) is 60.3 Å². The predicted octanol–water partition coefficient (Wildman–Crippen LogP) is 5.64. The summed E-state index contributed by atoms with van der Waals surface area (Å²) in [7, 11) is 0. The molecule has 0 aliphatic carbocycles. The first-order chi connectivity index (χ1) is 19.1. The van der Waals surface area contributed by atoms with Crippen molar-refractivity contribution in [3.63, 3.8) is 0 Å². The molecular formula is C31H38ClN3O5. The normalized spacial score (nSPS) is 16.2. The lowest BCUT2D eigenvalue weighted by Gasteiger charge is -2.39. The molecule has 5 rings (SSSR count). The van der Waals surface area contributed by atoms with E-state index in [4.69, 9.17) is 25.8 Å². The van der Waals surface area contributed by atoms with Crippen LogP contribution in [0.15, 0.2) is 47.3 Å². The van der Waals surface area contributed by atoms with Crippen molar-refractivity contribution in [3.05, 3.63) is 69.0 Å². The van der Waals surface area contributed by atoms with Crippen LogP contribution in [0.4, 0.5) is 4.79 Å². The van der Waals surface area contributed by atoms with Crippen LogP contribution in [0.2, 0.25) is 5.02 Å². The van der Waals surface area contributed by atoms with Crippen LogP contribution in [0, 0.1) is 6.92 Å². The molecule has 3 heterocycles. The van der Waals surface area contributed by atoms with Gasteiger partial charge in [-0.05, 0) is 69.9 Å². The maximum absolute atomic E-state index is 13.3. The zero-order chi connectivity index (χ0) is 28.4. The summed E-state index contributed by atoms with van der Waals surface area (Å²) in [6.07, 6.45) is 1.33. The van der Waals surface area contributed by atoms with Crippen LogP contribution in [0.1, 0.15) is 44.7 Å². The molecular weight excluding hydrogens is 530 g/mol.